The van der Waals surface area contributed by atoms with Crippen molar-refractivity contribution in [1.29, 1.82) is 5.26 Å². The van der Waals surface area contributed by atoms with Gasteiger partial charge in [-0.2, -0.15) is 5.26 Å². The van der Waals surface area contributed by atoms with Gasteiger partial charge in [0.15, 0.2) is 0 Å². The number of pyridine rings is 1. The Hall–Kier alpha value is -9.18. The van der Waals surface area contributed by atoms with Gasteiger partial charge in [-0.1, -0.05) is 119 Å². The van der Waals surface area contributed by atoms with E-state index in [9.17, 15) is 5.26 Å². The van der Waals surface area contributed by atoms with Crippen molar-refractivity contribution in [3.8, 4) is 39.9 Å². The molecule has 0 aliphatic rings. The molecule has 14 rings (SSSR count). The molecule has 70 heavy (non-hydrogen) atoms. The van der Waals surface area contributed by atoms with Crippen LogP contribution in [0.15, 0.2) is 194 Å². The Kier molecular flexibility index (Phi) is 8.51. The number of benzene rings is 9. The molecular weight excluding hydrogens is 853 g/mol. The van der Waals surface area contributed by atoms with Gasteiger partial charge in [0.25, 0.3) is 0 Å². The molecule has 0 fully saturated rings. The minimum absolute atomic E-state index is 0.552. The van der Waals surface area contributed by atoms with E-state index in [0.29, 0.717) is 5.56 Å². The van der Waals surface area contributed by atoms with Crippen LogP contribution < -0.4 is 0 Å². The van der Waals surface area contributed by atoms with Gasteiger partial charge < -0.3 is 18.3 Å². The molecule has 0 spiro atoms. The number of nitriles is 1. The molecule has 0 saturated carbocycles. The quantitative estimate of drug-likeness (QED) is 0.173. The average Bonchev–Trinajstić information content (AvgIpc) is 4.10. The first-order chi connectivity index (χ1) is 34.4. The first kappa shape index (κ1) is 39.9. The van der Waals surface area contributed by atoms with Crippen molar-refractivity contribution in [2.75, 3.05) is 0 Å². The summed E-state index contributed by atoms with van der Waals surface area (Å²) in [7, 11) is 0. The van der Waals surface area contributed by atoms with Crippen LogP contribution in [-0.4, -0.2) is 23.3 Å². The Balaban J connectivity index is 1.38. The van der Waals surface area contributed by atoms with Crippen molar-refractivity contribution in [2.24, 2.45) is 0 Å². The molecule has 5 aromatic heterocycles. The third-order valence-corrected chi connectivity index (χ3v) is 14.7. The molecule has 6 heteroatoms. The lowest BCUT2D eigenvalue weighted by molar-refractivity contribution is 1.02. The lowest BCUT2D eigenvalue weighted by Gasteiger charge is -2.29. The molecule has 0 amide bonds. The minimum Gasteiger partial charge on any atom is -0.306 e. The van der Waals surface area contributed by atoms with E-state index in [0.717, 1.165) is 121 Å². The maximum absolute atomic E-state index is 12.5. The highest BCUT2D eigenvalue weighted by Gasteiger charge is 2.35. The molecule has 9 aromatic carbocycles. The van der Waals surface area contributed by atoms with E-state index in [2.05, 4.69) is 239 Å². The molecule has 330 valence electrons. The summed E-state index contributed by atoms with van der Waals surface area (Å²) >= 11 is 0. The predicted molar refractivity (Wildman–Crippen MR) is 291 cm³/mol. The maximum atomic E-state index is 12.5. The highest BCUT2D eigenvalue weighted by Crippen LogP contribution is 2.51. The second kappa shape index (κ2) is 14.9. The molecule has 0 N–H and O–H groups in total. The fourth-order valence-electron chi connectivity index (χ4n) is 11.8. The van der Waals surface area contributed by atoms with Crippen molar-refractivity contribution in [3.05, 3.63) is 222 Å². The number of aryl methyl sites for hydroxylation is 4. The van der Waals surface area contributed by atoms with Crippen molar-refractivity contribution < 1.29 is 0 Å². The van der Waals surface area contributed by atoms with E-state index in [4.69, 9.17) is 0 Å². The van der Waals surface area contributed by atoms with E-state index in [1.54, 1.807) is 0 Å². The number of rotatable bonds is 5. The monoisotopic (exact) mass is 896 g/mol. The van der Waals surface area contributed by atoms with Crippen LogP contribution in [0.2, 0.25) is 0 Å². The van der Waals surface area contributed by atoms with Crippen LogP contribution in [0.3, 0.4) is 0 Å². The standard InChI is InChI=1S/C64H44N6/c1-38-21-25-56-47(33-38)43-13-5-9-17-52(43)67(56)61-51(37-65)60(42-29-31-66-32-30-42)62(68-53-18-10-6-14-44(53)48-34-39(2)22-26-57(48)68)64(70-55-20-12-8-16-46(55)50-36-41(4)24-28-59(50)70)63(61)69-54-19-11-7-15-45(54)49-35-40(3)23-27-58(49)69/h5-36H,1-4H3. The summed E-state index contributed by atoms with van der Waals surface area (Å²) in [6.07, 6.45) is 3.70. The van der Waals surface area contributed by atoms with Gasteiger partial charge in [0, 0.05) is 61.0 Å². The normalized spacial score (nSPS) is 12.0. The smallest absolute Gasteiger partial charge is 0.102 e. The Bertz CT molecular complexity index is 4590. The van der Waals surface area contributed by atoms with Crippen LogP contribution in [0.4, 0.5) is 0 Å². The summed E-state index contributed by atoms with van der Waals surface area (Å²) in [5.41, 5.74) is 18.8. The number of para-hydroxylation sites is 4. The molecule has 0 atom stereocenters. The number of fused-ring (bicyclic) bond motifs is 12. The molecule has 6 nitrogen and oxygen atoms in total. The van der Waals surface area contributed by atoms with Crippen LogP contribution in [0.25, 0.3) is 121 Å². The van der Waals surface area contributed by atoms with Crippen molar-refractivity contribution in [2.45, 2.75) is 27.7 Å². The van der Waals surface area contributed by atoms with Crippen LogP contribution in [0, 0.1) is 39.0 Å². The van der Waals surface area contributed by atoms with E-state index in [-0.39, 0.29) is 0 Å². The summed E-state index contributed by atoms with van der Waals surface area (Å²) in [6.45, 7) is 8.66. The molecule has 0 aliphatic heterocycles. The van der Waals surface area contributed by atoms with Crippen LogP contribution in [0.1, 0.15) is 27.8 Å². The zero-order chi connectivity index (χ0) is 46.9. The largest absolute Gasteiger partial charge is 0.306 e. The Labute approximate surface area is 403 Å². The highest BCUT2D eigenvalue weighted by molar-refractivity contribution is 6.17. The highest BCUT2D eigenvalue weighted by atomic mass is 15.1. The second-order valence-electron chi connectivity index (χ2n) is 19.0. The van der Waals surface area contributed by atoms with Crippen LogP contribution >= 0.6 is 0 Å². The molecule has 0 aliphatic carbocycles. The fraction of sp³-hybridized carbons (Fsp3) is 0.0625. The third kappa shape index (κ3) is 5.52. The summed E-state index contributed by atoms with van der Waals surface area (Å²) < 4.78 is 9.81. The average molecular weight is 897 g/mol. The van der Waals surface area contributed by atoms with E-state index in [1.807, 2.05) is 12.4 Å². The van der Waals surface area contributed by atoms with E-state index < -0.39 is 0 Å². The molecule has 5 heterocycles. The van der Waals surface area contributed by atoms with Gasteiger partial charge in [-0.25, -0.2) is 0 Å². The topological polar surface area (TPSA) is 56.4 Å². The molecule has 14 aromatic rings. The zero-order valence-electron chi connectivity index (χ0n) is 39.2. The number of aromatic nitrogens is 5. The molecule has 0 unspecified atom stereocenters. The van der Waals surface area contributed by atoms with Crippen molar-refractivity contribution >= 4 is 87.2 Å². The summed E-state index contributed by atoms with van der Waals surface area (Å²) in [4.78, 5) is 4.58. The lowest BCUT2D eigenvalue weighted by Crippen LogP contribution is -2.16. The van der Waals surface area contributed by atoms with Gasteiger partial charge in [-0.3, -0.25) is 4.98 Å². The maximum Gasteiger partial charge on any atom is 0.102 e. The zero-order valence-corrected chi connectivity index (χ0v) is 39.2. The SMILES string of the molecule is Cc1ccc2c(c1)c1ccccc1n2-c1c(C#N)c(-c2ccncc2)c(-n2c3ccccc3c3cc(C)ccc32)c(-n2c3ccccc3c3cc(C)ccc32)c1-n1c2ccccc2c2cc(C)ccc21. The first-order valence-electron chi connectivity index (χ1n) is 23.9. The van der Waals surface area contributed by atoms with Crippen LogP contribution in [0.5, 0.6) is 0 Å². The number of nitrogens with zero attached hydrogens (tertiary/aromatic N) is 6. The fourth-order valence-corrected chi connectivity index (χ4v) is 11.8. The molecule has 0 radical (unpaired) electrons. The third-order valence-electron chi connectivity index (χ3n) is 14.7. The van der Waals surface area contributed by atoms with Crippen LogP contribution in [-0.2, 0) is 0 Å². The predicted octanol–water partition coefficient (Wildman–Crippen LogP) is 16.2. The van der Waals surface area contributed by atoms with Gasteiger partial charge >= 0.3 is 0 Å². The van der Waals surface area contributed by atoms with Gasteiger partial charge in [0.05, 0.1) is 72.4 Å². The summed E-state index contributed by atoms with van der Waals surface area (Å²) in [6, 6.07) is 69.3. The summed E-state index contributed by atoms with van der Waals surface area (Å²) in [5.74, 6) is 0. The molecule has 0 saturated heterocycles. The molecular formula is C64H44N6. The van der Waals surface area contributed by atoms with Gasteiger partial charge in [0.1, 0.15) is 6.07 Å². The van der Waals surface area contributed by atoms with E-state index >= 15 is 0 Å². The number of hydrogen-bond acceptors (Lipinski definition) is 2. The van der Waals surface area contributed by atoms with Crippen molar-refractivity contribution in [1.82, 2.24) is 23.3 Å². The Morgan fingerprint density at radius 2 is 0.629 bits per heavy atom. The van der Waals surface area contributed by atoms with Crippen molar-refractivity contribution in [3.63, 3.8) is 0 Å². The minimum atomic E-state index is 0.552. The Morgan fingerprint density at radius 3 is 0.986 bits per heavy atom. The van der Waals surface area contributed by atoms with Gasteiger partial charge in [-0.15, -0.1) is 0 Å². The second-order valence-corrected chi connectivity index (χ2v) is 19.0. The molecule has 0 bridgehead atoms. The van der Waals surface area contributed by atoms with Gasteiger partial charge in [0.2, 0.25) is 0 Å². The number of hydrogen-bond donors (Lipinski definition) is 0. The Morgan fingerprint density at radius 1 is 0.329 bits per heavy atom. The summed E-state index contributed by atoms with van der Waals surface area (Å²) in [5, 5.41) is 21.6. The lowest BCUT2D eigenvalue weighted by atomic mass is 9.93. The van der Waals surface area contributed by atoms with Gasteiger partial charge in [-0.05, 0) is 118 Å². The first-order valence-corrected chi connectivity index (χ1v) is 23.9. The van der Waals surface area contributed by atoms with E-state index in [1.165, 1.54) is 22.3 Å².